The Labute approximate surface area is 101 Å². The number of likely N-dealkylation sites (N-methyl/N-ethyl adjacent to an activating group) is 1. The topological polar surface area (TPSA) is 73.9 Å². The summed E-state index contributed by atoms with van der Waals surface area (Å²) in [6.45, 7) is 3.59. The molecule has 1 aromatic rings. The molecule has 1 aromatic heterocycles. The molecule has 0 aromatic carbocycles. The van der Waals surface area contributed by atoms with Gasteiger partial charge in [0.2, 0.25) is 5.91 Å². The summed E-state index contributed by atoms with van der Waals surface area (Å²) < 4.78 is 0. The average molecular weight is 237 g/mol. The van der Waals surface area contributed by atoms with Gasteiger partial charge >= 0.3 is 0 Å². The summed E-state index contributed by atoms with van der Waals surface area (Å²) in [6, 6.07) is -0.0494. The number of aromatic nitrogens is 3. The number of hydrogen-bond acceptors (Lipinski definition) is 4. The Hall–Kier alpha value is -1.43. The summed E-state index contributed by atoms with van der Waals surface area (Å²) in [5, 5.41) is 9.80. The Kier molecular flexibility index (Phi) is 3.73. The van der Waals surface area contributed by atoms with Crippen molar-refractivity contribution in [1.82, 2.24) is 25.4 Å². The number of carbonyl (C=O) groups is 1. The normalized spacial score (nSPS) is 24.6. The van der Waals surface area contributed by atoms with E-state index in [1.165, 1.54) is 6.33 Å². The molecule has 2 N–H and O–H groups in total. The molecule has 0 bridgehead atoms. The van der Waals surface area contributed by atoms with Crippen molar-refractivity contribution in [3.05, 3.63) is 12.2 Å². The van der Waals surface area contributed by atoms with Gasteiger partial charge in [-0.1, -0.05) is 6.92 Å². The zero-order valence-corrected chi connectivity index (χ0v) is 10.3. The minimum Gasteiger partial charge on any atom is -0.337 e. The Balaban J connectivity index is 1.90. The van der Waals surface area contributed by atoms with Gasteiger partial charge in [-0.3, -0.25) is 9.89 Å². The molecular weight excluding hydrogens is 218 g/mol. The molecular formula is C11H19N5O. The predicted molar refractivity (Wildman–Crippen MR) is 63.0 cm³/mol. The SMILES string of the molecule is CC1CCNC(C(=O)N(C)Cc2ncn[nH]2)C1. The third-order valence-corrected chi connectivity index (χ3v) is 3.19. The van der Waals surface area contributed by atoms with Crippen molar-refractivity contribution in [2.24, 2.45) is 5.92 Å². The van der Waals surface area contributed by atoms with Crippen molar-refractivity contribution in [2.75, 3.05) is 13.6 Å². The van der Waals surface area contributed by atoms with Gasteiger partial charge in [0.15, 0.2) is 0 Å². The summed E-state index contributed by atoms with van der Waals surface area (Å²) in [7, 11) is 1.80. The second-order valence-electron chi connectivity index (χ2n) is 4.76. The molecule has 6 nitrogen and oxygen atoms in total. The van der Waals surface area contributed by atoms with Gasteiger partial charge in [0.05, 0.1) is 12.6 Å². The number of nitrogens with one attached hydrogen (secondary N) is 2. The quantitative estimate of drug-likeness (QED) is 0.785. The van der Waals surface area contributed by atoms with Crippen molar-refractivity contribution in [3.63, 3.8) is 0 Å². The van der Waals surface area contributed by atoms with Gasteiger partial charge in [0.1, 0.15) is 12.2 Å². The summed E-state index contributed by atoms with van der Waals surface area (Å²) in [5.74, 6) is 1.46. The molecule has 17 heavy (non-hydrogen) atoms. The van der Waals surface area contributed by atoms with E-state index in [-0.39, 0.29) is 11.9 Å². The first-order valence-electron chi connectivity index (χ1n) is 5.99. The zero-order chi connectivity index (χ0) is 12.3. The van der Waals surface area contributed by atoms with Crippen LogP contribution < -0.4 is 5.32 Å². The second kappa shape index (κ2) is 5.27. The highest BCUT2D eigenvalue weighted by Gasteiger charge is 2.27. The number of amides is 1. The van der Waals surface area contributed by atoms with E-state index in [4.69, 9.17) is 0 Å². The van der Waals surface area contributed by atoms with Crippen LogP contribution in [0.25, 0.3) is 0 Å². The fourth-order valence-corrected chi connectivity index (χ4v) is 2.17. The second-order valence-corrected chi connectivity index (χ2v) is 4.76. The molecule has 1 amide bonds. The van der Waals surface area contributed by atoms with Crippen LogP contribution in [0.3, 0.4) is 0 Å². The van der Waals surface area contributed by atoms with E-state index in [0.29, 0.717) is 18.3 Å². The summed E-state index contributed by atoms with van der Waals surface area (Å²) in [5.41, 5.74) is 0. The highest BCUT2D eigenvalue weighted by molar-refractivity contribution is 5.81. The number of rotatable bonds is 3. The van der Waals surface area contributed by atoms with Gasteiger partial charge in [-0.05, 0) is 25.3 Å². The number of piperidine rings is 1. The van der Waals surface area contributed by atoms with Gasteiger partial charge in [-0.15, -0.1) is 0 Å². The molecule has 1 aliphatic rings. The molecule has 0 aliphatic carbocycles. The van der Waals surface area contributed by atoms with Crippen molar-refractivity contribution in [3.8, 4) is 0 Å². The van der Waals surface area contributed by atoms with Crippen LogP contribution in [0.1, 0.15) is 25.6 Å². The van der Waals surface area contributed by atoms with E-state index in [0.717, 1.165) is 19.4 Å². The molecule has 1 fully saturated rings. The summed E-state index contributed by atoms with van der Waals surface area (Å²) in [6.07, 6.45) is 3.52. The van der Waals surface area contributed by atoms with Crippen molar-refractivity contribution >= 4 is 5.91 Å². The van der Waals surface area contributed by atoms with Gasteiger partial charge < -0.3 is 10.2 Å². The Morgan fingerprint density at radius 3 is 3.12 bits per heavy atom. The maximum Gasteiger partial charge on any atom is 0.239 e. The average Bonchev–Trinajstić information content (AvgIpc) is 2.80. The molecule has 0 radical (unpaired) electrons. The fraction of sp³-hybridized carbons (Fsp3) is 0.727. The van der Waals surface area contributed by atoms with Crippen LogP contribution in [0.5, 0.6) is 0 Å². The largest absolute Gasteiger partial charge is 0.337 e. The minimum atomic E-state index is -0.0494. The van der Waals surface area contributed by atoms with Crippen LogP contribution in [0, 0.1) is 5.92 Å². The Bertz CT molecular complexity index is 364. The summed E-state index contributed by atoms with van der Waals surface area (Å²) in [4.78, 5) is 17.9. The third-order valence-electron chi connectivity index (χ3n) is 3.19. The number of nitrogens with zero attached hydrogens (tertiary/aromatic N) is 3. The van der Waals surface area contributed by atoms with Crippen LogP contribution in [-0.4, -0.2) is 45.6 Å². The first-order chi connectivity index (χ1) is 8.16. The van der Waals surface area contributed by atoms with E-state index in [1.54, 1.807) is 11.9 Å². The fourth-order valence-electron chi connectivity index (χ4n) is 2.17. The lowest BCUT2D eigenvalue weighted by Crippen LogP contribution is -2.48. The maximum atomic E-state index is 12.2. The zero-order valence-electron chi connectivity index (χ0n) is 10.3. The monoisotopic (exact) mass is 237 g/mol. The van der Waals surface area contributed by atoms with Crippen LogP contribution in [0.15, 0.2) is 6.33 Å². The first kappa shape index (κ1) is 12.0. The molecule has 2 unspecified atom stereocenters. The highest BCUT2D eigenvalue weighted by atomic mass is 16.2. The smallest absolute Gasteiger partial charge is 0.239 e. The van der Waals surface area contributed by atoms with E-state index in [2.05, 4.69) is 27.4 Å². The molecule has 94 valence electrons. The van der Waals surface area contributed by atoms with Gasteiger partial charge in [-0.2, -0.15) is 5.10 Å². The van der Waals surface area contributed by atoms with E-state index >= 15 is 0 Å². The molecule has 0 saturated carbocycles. The molecule has 2 atom stereocenters. The van der Waals surface area contributed by atoms with Crippen LogP contribution in [0.2, 0.25) is 0 Å². The highest BCUT2D eigenvalue weighted by Crippen LogP contribution is 2.16. The molecule has 0 spiro atoms. The van der Waals surface area contributed by atoms with E-state index in [1.807, 2.05) is 0 Å². The predicted octanol–water partition coefficient (Wildman–Crippen LogP) is 0.151. The molecule has 1 saturated heterocycles. The van der Waals surface area contributed by atoms with Gasteiger partial charge in [0.25, 0.3) is 0 Å². The lowest BCUT2D eigenvalue weighted by Gasteiger charge is -2.30. The Morgan fingerprint density at radius 1 is 1.65 bits per heavy atom. The van der Waals surface area contributed by atoms with E-state index in [9.17, 15) is 4.79 Å². The van der Waals surface area contributed by atoms with Gasteiger partial charge in [0, 0.05) is 7.05 Å². The van der Waals surface area contributed by atoms with Crippen LogP contribution in [0.4, 0.5) is 0 Å². The van der Waals surface area contributed by atoms with Gasteiger partial charge in [-0.25, -0.2) is 4.98 Å². The molecule has 2 heterocycles. The number of carbonyl (C=O) groups excluding carboxylic acids is 1. The van der Waals surface area contributed by atoms with Crippen molar-refractivity contribution in [2.45, 2.75) is 32.4 Å². The molecule has 6 heteroatoms. The number of H-pyrrole nitrogens is 1. The number of aromatic amines is 1. The summed E-state index contributed by atoms with van der Waals surface area (Å²) >= 11 is 0. The van der Waals surface area contributed by atoms with Crippen LogP contribution in [-0.2, 0) is 11.3 Å². The van der Waals surface area contributed by atoms with Crippen LogP contribution >= 0.6 is 0 Å². The number of hydrogen-bond donors (Lipinski definition) is 2. The third kappa shape index (κ3) is 3.03. The molecule has 2 rings (SSSR count). The first-order valence-corrected chi connectivity index (χ1v) is 5.99. The van der Waals surface area contributed by atoms with Crippen molar-refractivity contribution in [1.29, 1.82) is 0 Å². The minimum absolute atomic E-state index is 0.0494. The standard InChI is InChI=1S/C11H19N5O/c1-8-3-4-12-9(5-8)11(17)16(2)6-10-13-7-14-15-10/h7-9,12H,3-6H2,1-2H3,(H,13,14,15). The Morgan fingerprint density at radius 2 is 2.47 bits per heavy atom. The van der Waals surface area contributed by atoms with Crippen molar-refractivity contribution < 1.29 is 4.79 Å². The lowest BCUT2D eigenvalue weighted by atomic mass is 9.93. The lowest BCUT2D eigenvalue weighted by molar-refractivity contribution is -0.133. The molecule has 1 aliphatic heterocycles. The van der Waals surface area contributed by atoms with E-state index < -0.39 is 0 Å². The maximum absolute atomic E-state index is 12.2.